The molecule has 0 aliphatic carbocycles. The number of rotatable bonds is 8. The number of pyridine rings is 1. The fourth-order valence-electron chi connectivity index (χ4n) is 3.06. The Balaban J connectivity index is 1.51. The second-order valence-electron chi connectivity index (χ2n) is 7.10. The lowest BCUT2D eigenvalue weighted by atomic mass is 10.1. The SMILES string of the molecule is Cc1cccc(C)c1NC(=O)Cn1nc(-c2ccncc2)nc1SCC(=O)Nc1nccs1. The Labute approximate surface area is 198 Å². The maximum absolute atomic E-state index is 12.8. The van der Waals surface area contributed by atoms with Crippen molar-refractivity contribution in [2.45, 2.75) is 25.5 Å². The highest BCUT2D eigenvalue weighted by atomic mass is 32.2. The van der Waals surface area contributed by atoms with E-state index in [-0.39, 0.29) is 24.1 Å². The molecule has 0 radical (unpaired) electrons. The van der Waals surface area contributed by atoms with E-state index in [1.807, 2.05) is 32.0 Å². The fraction of sp³-hybridized carbons (Fsp3) is 0.182. The minimum absolute atomic E-state index is 0.0394. The maximum Gasteiger partial charge on any atom is 0.246 e. The Morgan fingerprint density at radius 1 is 1.03 bits per heavy atom. The van der Waals surface area contributed by atoms with Crippen LogP contribution in [0.4, 0.5) is 10.8 Å². The quantitative estimate of drug-likeness (QED) is 0.370. The van der Waals surface area contributed by atoms with Crippen LogP contribution < -0.4 is 10.6 Å². The number of carbonyl (C=O) groups excluding carboxylic acids is 2. The number of hydrogen-bond donors (Lipinski definition) is 2. The lowest BCUT2D eigenvalue weighted by Crippen LogP contribution is -2.21. The summed E-state index contributed by atoms with van der Waals surface area (Å²) in [6.07, 6.45) is 4.93. The zero-order valence-electron chi connectivity index (χ0n) is 18.0. The van der Waals surface area contributed by atoms with Gasteiger partial charge >= 0.3 is 0 Å². The number of anilines is 2. The molecule has 2 amide bonds. The smallest absolute Gasteiger partial charge is 0.246 e. The molecule has 33 heavy (non-hydrogen) atoms. The van der Waals surface area contributed by atoms with E-state index in [1.165, 1.54) is 27.8 Å². The molecule has 0 saturated heterocycles. The van der Waals surface area contributed by atoms with Gasteiger partial charge in [0.2, 0.25) is 11.8 Å². The number of aryl methyl sites for hydroxylation is 2. The van der Waals surface area contributed by atoms with Crippen LogP contribution >= 0.6 is 23.1 Å². The summed E-state index contributed by atoms with van der Waals surface area (Å²) in [4.78, 5) is 37.8. The third-order valence-electron chi connectivity index (χ3n) is 4.63. The molecule has 11 heteroatoms. The van der Waals surface area contributed by atoms with Crippen molar-refractivity contribution in [3.8, 4) is 11.4 Å². The second kappa shape index (κ2) is 10.4. The highest BCUT2D eigenvalue weighted by Gasteiger charge is 2.17. The number of para-hydroxylation sites is 1. The van der Waals surface area contributed by atoms with Gasteiger partial charge in [-0.15, -0.1) is 16.4 Å². The number of thioether (sulfide) groups is 1. The Kier molecular flexibility index (Phi) is 7.10. The van der Waals surface area contributed by atoms with Crippen molar-refractivity contribution in [3.63, 3.8) is 0 Å². The van der Waals surface area contributed by atoms with Crippen LogP contribution in [-0.4, -0.2) is 42.3 Å². The number of thiazole rings is 1. The molecular formula is C22H21N7O2S2. The Morgan fingerprint density at radius 2 is 1.79 bits per heavy atom. The van der Waals surface area contributed by atoms with Gasteiger partial charge in [0.1, 0.15) is 6.54 Å². The van der Waals surface area contributed by atoms with E-state index in [1.54, 1.807) is 36.1 Å². The molecule has 4 rings (SSSR count). The number of aromatic nitrogens is 5. The van der Waals surface area contributed by atoms with Crippen molar-refractivity contribution in [2.24, 2.45) is 0 Å². The first-order chi connectivity index (χ1) is 16.0. The molecule has 4 aromatic rings. The molecule has 0 unspecified atom stereocenters. The van der Waals surface area contributed by atoms with Crippen LogP contribution in [0.1, 0.15) is 11.1 Å². The minimum atomic E-state index is -0.229. The highest BCUT2D eigenvalue weighted by Crippen LogP contribution is 2.23. The Hall–Kier alpha value is -3.57. The molecule has 0 saturated carbocycles. The maximum atomic E-state index is 12.8. The molecule has 0 aliphatic heterocycles. The normalized spacial score (nSPS) is 10.7. The Bertz CT molecular complexity index is 1240. The molecule has 0 bridgehead atoms. The van der Waals surface area contributed by atoms with E-state index in [0.29, 0.717) is 16.1 Å². The molecule has 168 valence electrons. The van der Waals surface area contributed by atoms with E-state index < -0.39 is 0 Å². The van der Waals surface area contributed by atoms with Gasteiger partial charge in [-0.25, -0.2) is 14.6 Å². The van der Waals surface area contributed by atoms with Crippen LogP contribution in [0, 0.1) is 13.8 Å². The lowest BCUT2D eigenvalue weighted by Gasteiger charge is -2.12. The first-order valence-electron chi connectivity index (χ1n) is 10.0. The molecule has 0 spiro atoms. The zero-order valence-corrected chi connectivity index (χ0v) is 19.6. The van der Waals surface area contributed by atoms with Crippen LogP contribution in [0.25, 0.3) is 11.4 Å². The van der Waals surface area contributed by atoms with Crippen LogP contribution in [0.3, 0.4) is 0 Å². The number of benzene rings is 1. The van der Waals surface area contributed by atoms with Crippen molar-refractivity contribution in [1.82, 2.24) is 24.7 Å². The zero-order chi connectivity index (χ0) is 23.2. The highest BCUT2D eigenvalue weighted by molar-refractivity contribution is 7.99. The van der Waals surface area contributed by atoms with Gasteiger partial charge in [0.05, 0.1) is 5.75 Å². The standard InChI is InChI=1S/C22H21N7O2S2/c1-14-4-3-5-15(2)19(14)25-17(30)12-29-22(27-20(28-29)16-6-8-23-9-7-16)33-13-18(31)26-21-24-10-11-32-21/h3-11H,12-13H2,1-2H3,(H,25,30)(H,24,26,31). The van der Waals surface area contributed by atoms with E-state index in [4.69, 9.17) is 0 Å². The van der Waals surface area contributed by atoms with Gasteiger partial charge < -0.3 is 10.6 Å². The molecule has 1 aromatic carbocycles. The molecule has 0 atom stereocenters. The molecule has 3 aromatic heterocycles. The summed E-state index contributed by atoms with van der Waals surface area (Å²) in [7, 11) is 0. The number of nitrogens with one attached hydrogen (secondary N) is 2. The van der Waals surface area contributed by atoms with E-state index >= 15 is 0 Å². The molecule has 0 fully saturated rings. The third kappa shape index (κ3) is 5.82. The van der Waals surface area contributed by atoms with Crippen molar-refractivity contribution in [2.75, 3.05) is 16.4 Å². The van der Waals surface area contributed by atoms with Gasteiger partial charge in [-0.3, -0.25) is 14.6 Å². The topological polar surface area (TPSA) is 115 Å². The summed E-state index contributed by atoms with van der Waals surface area (Å²) in [5, 5.41) is 13.0. The van der Waals surface area contributed by atoms with Crippen molar-refractivity contribution in [1.29, 1.82) is 0 Å². The average molecular weight is 480 g/mol. The monoisotopic (exact) mass is 479 g/mol. The summed E-state index contributed by atoms with van der Waals surface area (Å²) in [6, 6.07) is 9.42. The predicted octanol–water partition coefficient (Wildman–Crippen LogP) is 3.78. The summed E-state index contributed by atoms with van der Waals surface area (Å²) in [6.45, 7) is 3.85. The molecule has 2 N–H and O–H groups in total. The van der Waals surface area contributed by atoms with Gasteiger partial charge in [0.25, 0.3) is 0 Å². The van der Waals surface area contributed by atoms with Crippen LogP contribution in [-0.2, 0) is 16.1 Å². The van der Waals surface area contributed by atoms with Gasteiger partial charge in [-0.2, -0.15) is 0 Å². The van der Waals surface area contributed by atoms with E-state index in [9.17, 15) is 9.59 Å². The second-order valence-corrected chi connectivity index (χ2v) is 8.94. The third-order valence-corrected chi connectivity index (χ3v) is 6.28. The number of hydrogen-bond acceptors (Lipinski definition) is 8. The minimum Gasteiger partial charge on any atom is -0.324 e. The summed E-state index contributed by atoms with van der Waals surface area (Å²) < 4.78 is 1.51. The first kappa shape index (κ1) is 22.6. The van der Waals surface area contributed by atoms with Gasteiger partial charge in [0.15, 0.2) is 16.1 Å². The van der Waals surface area contributed by atoms with Crippen molar-refractivity contribution >= 4 is 45.7 Å². The van der Waals surface area contributed by atoms with Gasteiger partial charge in [0, 0.05) is 35.2 Å². The van der Waals surface area contributed by atoms with Crippen molar-refractivity contribution < 1.29 is 9.59 Å². The van der Waals surface area contributed by atoms with Crippen LogP contribution in [0.15, 0.2) is 59.5 Å². The molecular weight excluding hydrogens is 458 g/mol. The van der Waals surface area contributed by atoms with Crippen LogP contribution in [0.5, 0.6) is 0 Å². The molecule has 9 nitrogen and oxygen atoms in total. The average Bonchev–Trinajstić information content (AvgIpc) is 3.45. The molecule has 0 aliphatic rings. The Morgan fingerprint density at radius 3 is 2.48 bits per heavy atom. The summed E-state index contributed by atoms with van der Waals surface area (Å²) in [5.74, 6) is 0.120. The fourth-order valence-corrected chi connectivity index (χ4v) is 4.34. The number of carbonyl (C=O) groups is 2. The lowest BCUT2D eigenvalue weighted by molar-refractivity contribution is -0.117. The van der Waals surface area contributed by atoms with Crippen LogP contribution in [0.2, 0.25) is 0 Å². The first-order valence-corrected chi connectivity index (χ1v) is 11.9. The number of nitrogens with zero attached hydrogens (tertiary/aromatic N) is 5. The summed E-state index contributed by atoms with van der Waals surface area (Å²) >= 11 is 2.55. The number of amides is 2. The molecule has 3 heterocycles. The van der Waals surface area contributed by atoms with E-state index in [0.717, 1.165) is 22.4 Å². The predicted molar refractivity (Wildman–Crippen MR) is 129 cm³/mol. The van der Waals surface area contributed by atoms with Gasteiger partial charge in [-0.1, -0.05) is 30.0 Å². The van der Waals surface area contributed by atoms with Gasteiger partial charge in [-0.05, 0) is 37.1 Å². The largest absolute Gasteiger partial charge is 0.324 e. The van der Waals surface area contributed by atoms with E-state index in [2.05, 4.69) is 30.7 Å². The van der Waals surface area contributed by atoms with Crippen molar-refractivity contribution in [3.05, 3.63) is 65.4 Å². The summed E-state index contributed by atoms with van der Waals surface area (Å²) in [5.41, 5.74) is 3.52.